The molecule has 2 aliphatic rings. The van der Waals surface area contributed by atoms with E-state index in [9.17, 15) is 0 Å². The lowest BCUT2D eigenvalue weighted by atomic mass is 9.99. The molecule has 0 radical (unpaired) electrons. The Hall–Kier alpha value is 0.830. The molecule has 0 aromatic rings. The third kappa shape index (κ3) is 0.953. The summed E-state index contributed by atoms with van der Waals surface area (Å²) in [6.45, 7) is 0. The minimum Gasteiger partial charge on any atom is -0.346 e. The number of ether oxygens (including phenoxy) is 1. The molecule has 0 bridgehead atoms. The van der Waals surface area contributed by atoms with Gasteiger partial charge in [-0.1, -0.05) is 34.8 Å². The van der Waals surface area contributed by atoms with E-state index in [1.807, 2.05) is 0 Å². The first-order valence-electron chi connectivity index (χ1n) is 3.29. The van der Waals surface area contributed by atoms with Crippen molar-refractivity contribution in [3.05, 3.63) is 0 Å². The highest BCUT2D eigenvalue weighted by Gasteiger charge is 2.66. The number of epoxide rings is 1. The van der Waals surface area contributed by atoms with Gasteiger partial charge in [0, 0.05) is 0 Å². The fourth-order valence-corrected chi connectivity index (χ4v) is 2.68. The average molecular weight is 201 g/mol. The van der Waals surface area contributed by atoms with Gasteiger partial charge >= 0.3 is 0 Å². The fraction of sp³-hybridized carbons (Fsp3) is 1.00. The van der Waals surface area contributed by atoms with Crippen molar-refractivity contribution in [2.24, 2.45) is 0 Å². The summed E-state index contributed by atoms with van der Waals surface area (Å²) in [4.78, 5) is 0. The first-order valence-corrected chi connectivity index (χ1v) is 4.43. The predicted molar refractivity (Wildman–Crippen MR) is 41.7 cm³/mol. The summed E-state index contributed by atoms with van der Waals surface area (Å²) in [6, 6.07) is 0. The quantitative estimate of drug-likeness (QED) is 0.434. The molecule has 0 spiro atoms. The van der Waals surface area contributed by atoms with Gasteiger partial charge in [0.25, 0.3) is 0 Å². The summed E-state index contributed by atoms with van der Waals surface area (Å²) in [7, 11) is 0. The molecule has 1 aliphatic carbocycles. The number of halogens is 3. The Morgan fingerprint density at radius 2 is 1.90 bits per heavy atom. The Labute approximate surface area is 74.6 Å². The number of fused-ring (bicyclic) bond motifs is 1. The molecular formula is C6H7Cl3O. The van der Waals surface area contributed by atoms with Crippen molar-refractivity contribution in [2.45, 2.75) is 34.8 Å². The molecule has 2 fully saturated rings. The lowest BCUT2D eigenvalue weighted by Gasteiger charge is -2.22. The molecule has 1 nitrogen and oxygen atoms in total. The molecule has 1 heterocycles. The molecule has 0 unspecified atom stereocenters. The van der Waals surface area contributed by atoms with Crippen LogP contribution in [0.4, 0.5) is 0 Å². The van der Waals surface area contributed by atoms with Gasteiger partial charge in [0.1, 0.15) is 10.4 Å². The summed E-state index contributed by atoms with van der Waals surface area (Å²) >= 11 is 17.8. The van der Waals surface area contributed by atoms with Crippen LogP contribution in [-0.2, 0) is 4.74 Å². The second kappa shape index (κ2) is 1.95. The van der Waals surface area contributed by atoms with Crippen molar-refractivity contribution < 1.29 is 4.74 Å². The Kier molecular flexibility index (Phi) is 1.46. The largest absolute Gasteiger partial charge is 0.346 e. The molecule has 1 aliphatic heterocycles. The van der Waals surface area contributed by atoms with E-state index in [-0.39, 0.29) is 6.10 Å². The van der Waals surface area contributed by atoms with Crippen LogP contribution in [0.2, 0.25) is 0 Å². The molecule has 58 valence electrons. The van der Waals surface area contributed by atoms with Crippen molar-refractivity contribution in [2.75, 3.05) is 0 Å². The number of alkyl halides is 3. The van der Waals surface area contributed by atoms with Crippen LogP contribution in [-0.4, -0.2) is 15.5 Å². The lowest BCUT2D eigenvalue weighted by Crippen LogP contribution is -2.30. The third-order valence-electron chi connectivity index (χ3n) is 2.06. The topological polar surface area (TPSA) is 12.5 Å². The van der Waals surface area contributed by atoms with Crippen LogP contribution < -0.4 is 0 Å². The summed E-state index contributed by atoms with van der Waals surface area (Å²) < 4.78 is 4.45. The fourth-order valence-electron chi connectivity index (χ4n) is 1.45. The van der Waals surface area contributed by atoms with Crippen LogP contribution in [0.1, 0.15) is 19.3 Å². The molecule has 2 rings (SSSR count). The van der Waals surface area contributed by atoms with E-state index in [0.717, 1.165) is 19.3 Å². The van der Waals surface area contributed by atoms with E-state index >= 15 is 0 Å². The van der Waals surface area contributed by atoms with Gasteiger partial charge in [-0.2, -0.15) is 0 Å². The molecule has 0 N–H and O–H groups in total. The molecule has 1 saturated heterocycles. The van der Waals surface area contributed by atoms with Gasteiger partial charge < -0.3 is 4.74 Å². The predicted octanol–water partition coefficient (Wildman–Crippen LogP) is 2.68. The average Bonchev–Trinajstić information content (AvgIpc) is 2.41. The van der Waals surface area contributed by atoms with Gasteiger partial charge in [-0.3, -0.25) is 0 Å². The second-order valence-electron chi connectivity index (χ2n) is 2.90. The Balaban J connectivity index is 2.16. The Morgan fingerprint density at radius 3 is 2.40 bits per heavy atom. The van der Waals surface area contributed by atoms with Crippen LogP contribution in [0.3, 0.4) is 0 Å². The summed E-state index contributed by atoms with van der Waals surface area (Å²) in [6.07, 6.45) is 2.47. The molecule has 0 aromatic carbocycles. The van der Waals surface area contributed by atoms with Crippen LogP contribution >= 0.6 is 34.8 Å². The minimum absolute atomic E-state index is 0.140. The van der Waals surface area contributed by atoms with Crippen molar-refractivity contribution >= 4 is 34.8 Å². The number of rotatable bonds is 0. The monoisotopic (exact) mass is 200 g/mol. The van der Waals surface area contributed by atoms with Crippen LogP contribution in [0, 0.1) is 0 Å². The molecule has 10 heavy (non-hydrogen) atoms. The first kappa shape index (κ1) is 7.48. The normalized spacial score (nSPS) is 50.1. The molecule has 4 heteroatoms. The smallest absolute Gasteiger partial charge is 0.171 e. The summed E-state index contributed by atoms with van der Waals surface area (Å²) in [5, 5.41) is -0.512. The van der Waals surface area contributed by atoms with E-state index in [1.54, 1.807) is 0 Å². The zero-order chi connectivity index (χ0) is 7.41. The standard InChI is InChI=1S/C6H7Cl3O/c7-5(8)2-1-3-6(9)4(5)10-6/h4H,1-3H2/t4-,6+/m1/s1. The van der Waals surface area contributed by atoms with E-state index in [4.69, 9.17) is 39.5 Å². The van der Waals surface area contributed by atoms with E-state index < -0.39 is 9.39 Å². The summed E-state index contributed by atoms with van der Waals surface area (Å²) in [5.74, 6) is 0. The number of hydrogen-bond donors (Lipinski definition) is 0. The van der Waals surface area contributed by atoms with Crippen molar-refractivity contribution in [3.8, 4) is 0 Å². The minimum atomic E-state index is -0.736. The Bertz CT molecular complexity index is 170. The van der Waals surface area contributed by atoms with Gasteiger partial charge in [0.15, 0.2) is 5.06 Å². The number of hydrogen-bond acceptors (Lipinski definition) is 1. The zero-order valence-electron chi connectivity index (χ0n) is 5.24. The third-order valence-corrected chi connectivity index (χ3v) is 3.31. The van der Waals surface area contributed by atoms with Crippen LogP contribution in [0.5, 0.6) is 0 Å². The second-order valence-corrected chi connectivity index (χ2v) is 5.08. The SMILES string of the molecule is ClC1(Cl)CCC[C@]2(Cl)O[C@H]12. The maximum Gasteiger partial charge on any atom is 0.171 e. The van der Waals surface area contributed by atoms with Gasteiger partial charge in [-0.25, -0.2) is 0 Å². The van der Waals surface area contributed by atoms with E-state index in [1.165, 1.54) is 0 Å². The highest BCUT2D eigenvalue weighted by molar-refractivity contribution is 6.50. The maximum absolute atomic E-state index is 5.94. The zero-order valence-corrected chi connectivity index (χ0v) is 7.51. The van der Waals surface area contributed by atoms with Crippen molar-refractivity contribution in [1.29, 1.82) is 0 Å². The van der Waals surface area contributed by atoms with Crippen molar-refractivity contribution in [1.82, 2.24) is 0 Å². The van der Waals surface area contributed by atoms with E-state index in [0.29, 0.717) is 0 Å². The molecule has 1 saturated carbocycles. The van der Waals surface area contributed by atoms with Crippen molar-refractivity contribution in [3.63, 3.8) is 0 Å². The van der Waals surface area contributed by atoms with E-state index in [2.05, 4.69) is 0 Å². The molecule has 0 aromatic heterocycles. The maximum atomic E-state index is 5.94. The Morgan fingerprint density at radius 1 is 1.20 bits per heavy atom. The first-order chi connectivity index (χ1) is 4.55. The molecule has 0 amide bonds. The van der Waals surface area contributed by atoms with Crippen LogP contribution in [0.15, 0.2) is 0 Å². The molecular weight excluding hydrogens is 194 g/mol. The molecule has 2 atom stereocenters. The highest BCUT2D eigenvalue weighted by Crippen LogP contribution is 2.59. The lowest BCUT2D eigenvalue weighted by molar-refractivity contribution is 0.349. The summed E-state index contributed by atoms with van der Waals surface area (Å²) in [5.41, 5.74) is 0. The van der Waals surface area contributed by atoms with Gasteiger partial charge in [0.2, 0.25) is 0 Å². The van der Waals surface area contributed by atoms with Gasteiger partial charge in [0.05, 0.1) is 0 Å². The van der Waals surface area contributed by atoms with Gasteiger partial charge in [-0.05, 0) is 19.3 Å². The van der Waals surface area contributed by atoms with Gasteiger partial charge in [-0.15, -0.1) is 0 Å². The van der Waals surface area contributed by atoms with Crippen LogP contribution in [0.25, 0.3) is 0 Å². The highest BCUT2D eigenvalue weighted by atomic mass is 35.5.